The molecule has 1 aromatic heterocycles. The van der Waals surface area contributed by atoms with Gasteiger partial charge in [-0.15, -0.1) is 0 Å². The molecule has 0 aliphatic heterocycles. The van der Waals surface area contributed by atoms with Crippen LogP contribution in [0.15, 0.2) is 102 Å². The first-order chi connectivity index (χ1) is 15.1. The van der Waals surface area contributed by atoms with Crippen LogP contribution in [0.3, 0.4) is 0 Å². The first-order valence-corrected chi connectivity index (χ1v) is 10.4. The van der Waals surface area contributed by atoms with Crippen molar-refractivity contribution in [2.45, 2.75) is 25.9 Å². The van der Waals surface area contributed by atoms with Gasteiger partial charge < -0.3 is 9.73 Å². The fourth-order valence-electron chi connectivity index (χ4n) is 3.65. The fourth-order valence-corrected chi connectivity index (χ4v) is 3.65. The zero-order chi connectivity index (χ0) is 21.6. The van der Waals surface area contributed by atoms with E-state index < -0.39 is 6.04 Å². The molecular formula is C27H26N2O2. The second-order valence-corrected chi connectivity index (χ2v) is 7.68. The van der Waals surface area contributed by atoms with Gasteiger partial charge >= 0.3 is 0 Å². The standard InChI is InChI=1S/C27H26N2O2/c1-19-15-16-20(2)23(18-19)28-27(30)26(22-12-7-4-8-13-22)29-25(24-14-9-17-31-24)21-10-5-3-6-11-21/h3-18,25-26,29H,1-2H3,(H,28,30)/t25-,26+/m1/s1. The van der Waals surface area contributed by atoms with Crippen molar-refractivity contribution in [3.63, 3.8) is 0 Å². The third kappa shape index (κ3) is 4.93. The van der Waals surface area contributed by atoms with Crippen molar-refractivity contribution in [1.82, 2.24) is 5.32 Å². The third-order valence-electron chi connectivity index (χ3n) is 5.34. The molecule has 0 aliphatic rings. The molecule has 0 saturated heterocycles. The number of carbonyl (C=O) groups excluding carboxylic acids is 1. The van der Waals surface area contributed by atoms with Crippen LogP contribution in [0.25, 0.3) is 0 Å². The van der Waals surface area contributed by atoms with Gasteiger partial charge in [-0.25, -0.2) is 0 Å². The summed E-state index contributed by atoms with van der Waals surface area (Å²) in [4.78, 5) is 13.5. The van der Waals surface area contributed by atoms with E-state index in [1.807, 2.05) is 105 Å². The summed E-state index contributed by atoms with van der Waals surface area (Å²) in [5, 5.41) is 6.66. The molecule has 0 saturated carbocycles. The molecule has 4 heteroatoms. The summed E-state index contributed by atoms with van der Waals surface area (Å²) in [7, 11) is 0. The number of hydrogen-bond acceptors (Lipinski definition) is 3. The van der Waals surface area contributed by atoms with Crippen molar-refractivity contribution >= 4 is 11.6 Å². The normalized spacial score (nSPS) is 12.8. The number of furan rings is 1. The van der Waals surface area contributed by atoms with Gasteiger partial charge in [0.25, 0.3) is 0 Å². The highest BCUT2D eigenvalue weighted by Gasteiger charge is 2.27. The molecule has 2 N–H and O–H groups in total. The average molecular weight is 411 g/mol. The molecule has 31 heavy (non-hydrogen) atoms. The Morgan fingerprint density at radius 1 is 0.806 bits per heavy atom. The van der Waals surface area contributed by atoms with E-state index in [1.54, 1.807) is 6.26 Å². The Hall–Kier alpha value is -3.63. The number of benzene rings is 3. The Bertz CT molecular complexity index is 1120. The molecule has 0 fully saturated rings. The lowest BCUT2D eigenvalue weighted by molar-refractivity contribution is -0.118. The number of carbonyl (C=O) groups is 1. The van der Waals surface area contributed by atoms with Gasteiger partial charge in [-0.3, -0.25) is 10.1 Å². The zero-order valence-electron chi connectivity index (χ0n) is 17.7. The van der Waals surface area contributed by atoms with E-state index in [9.17, 15) is 4.79 Å². The second-order valence-electron chi connectivity index (χ2n) is 7.68. The highest BCUT2D eigenvalue weighted by atomic mass is 16.3. The lowest BCUT2D eigenvalue weighted by Gasteiger charge is -2.25. The summed E-state index contributed by atoms with van der Waals surface area (Å²) in [6.07, 6.45) is 1.65. The number of hydrogen-bond donors (Lipinski definition) is 2. The maximum absolute atomic E-state index is 13.5. The van der Waals surface area contributed by atoms with Crippen LogP contribution in [0.2, 0.25) is 0 Å². The van der Waals surface area contributed by atoms with Gasteiger partial charge in [0.05, 0.1) is 12.3 Å². The molecule has 0 radical (unpaired) electrons. The highest BCUT2D eigenvalue weighted by Crippen LogP contribution is 2.28. The number of amides is 1. The van der Waals surface area contributed by atoms with Crippen molar-refractivity contribution in [3.05, 3.63) is 125 Å². The summed E-state index contributed by atoms with van der Waals surface area (Å²) in [5.74, 6) is 0.638. The van der Waals surface area contributed by atoms with Gasteiger partial charge in [0.1, 0.15) is 11.8 Å². The maximum atomic E-state index is 13.5. The quantitative estimate of drug-likeness (QED) is 0.395. The number of anilines is 1. The smallest absolute Gasteiger partial charge is 0.246 e. The van der Waals surface area contributed by atoms with Crippen LogP contribution in [0, 0.1) is 13.8 Å². The molecule has 0 aliphatic carbocycles. The molecule has 1 heterocycles. The molecule has 0 unspecified atom stereocenters. The molecule has 0 bridgehead atoms. The predicted octanol–water partition coefficient (Wildman–Crippen LogP) is 5.96. The summed E-state index contributed by atoms with van der Waals surface area (Å²) >= 11 is 0. The van der Waals surface area contributed by atoms with Crippen molar-refractivity contribution in [3.8, 4) is 0 Å². The maximum Gasteiger partial charge on any atom is 0.246 e. The number of rotatable bonds is 7. The van der Waals surface area contributed by atoms with Crippen LogP contribution in [-0.4, -0.2) is 5.91 Å². The lowest BCUT2D eigenvalue weighted by atomic mass is 9.99. The molecule has 0 spiro atoms. The minimum Gasteiger partial charge on any atom is -0.467 e. The lowest BCUT2D eigenvalue weighted by Crippen LogP contribution is -2.36. The van der Waals surface area contributed by atoms with Crippen LogP contribution in [0.1, 0.15) is 40.1 Å². The first-order valence-electron chi connectivity index (χ1n) is 10.4. The van der Waals surface area contributed by atoms with E-state index in [0.717, 1.165) is 33.7 Å². The van der Waals surface area contributed by atoms with Gasteiger partial charge in [0.2, 0.25) is 5.91 Å². The Balaban J connectivity index is 1.69. The van der Waals surface area contributed by atoms with Gasteiger partial charge in [-0.1, -0.05) is 72.8 Å². The number of aryl methyl sites for hydroxylation is 2. The van der Waals surface area contributed by atoms with Crippen molar-refractivity contribution < 1.29 is 9.21 Å². The zero-order valence-corrected chi connectivity index (χ0v) is 17.7. The van der Waals surface area contributed by atoms with Crippen molar-refractivity contribution in [1.29, 1.82) is 0 Å². The molecule has 156 valence electrons. The highest BCUT2D eigenvalue weighted by molar-refractivity contribution is 5.96. The van der Waals surface area contributed by atoms with E-state index in [2.05, 4.69) is 10.6 Å². The minimum atomic E-state index is -0.573. The van der Waals surface area contributed by atoms with E-state index in [0.29, 0.717) is 0 Å². The first kappa shape index (κ1) is 20.6. The fraction of sp³-hybridized carbons (Fsp3) is 0.148. The van der Waals surface area contributed by atoms with Crippen LogP contribution < -0.4 is 10.6 Å². The number of nitrogens with one attached hydrogen (secondary N) is 2. The molecule has 1 amide bonds. The monoisotopic (exact) mass is 410 g/mol. The average Bonchev–Trinajstić information content (AvgIpc) is 3.33. The minimum absolute atomic E-state index is 0.118. The van der Waals surface area contributed by atoms with E-state index in [4.69, 9.17) is 4.42 Å². The predicted molar refractivity (Wildman–Crippen MR) is 124 cm³/mol. The van der Waals surface area contributed by atoms with Gasteiger partial charge in [-0.05, 0) is 54.3 Å². The molecule has 4 rings (SSSR count). The molecule has 4 nitrogen and oxygen atoms in total. The van der Waals surface area contributed by atoms with E-state index in [1.165, 1.54) is 0 Å². The molecule has 3 aromatic carbocycles. The third-order valence-corrected chi connectivity index (χ3v) is 5.34. The van der Waals surface area contributed by atoms with Gasteiger partial charge in [0.15, 0.2) is 0 Å². The van der Waals surface area contributed by atoms with Crippen molar-refractivity contribution in [2.24, 2.45) is 0 Å². The van der Waals surface area contributed by atoms with Crippen LogP contribution >= 0.6 is 0 Å². The second kappa shape index (κ2) is 9.45. The Morgan fingerprint density at radius 3 is 2.13 bits per heavy atom. The largest absolute Gasteiger partial charge is 0.467 e. The van der Waals surface area contributed by atoms with Gasteiger partial charge in [-0.2, -0.15) is 0 Å². The summed E-state index contributed by atoms with van der Waals surface area (Å²) < 4.78 is 5.73. The SMILES string of the molecule is Cc1ccc(C)c(NC(=O)[C@@H](N[C@H](c2ccccc2)c2ccco2)c2ccccc2)c1. The van der Waals surface area contributed by atoms with Crippen molar-refractivity contribution in [2.75, 3.05) is 5.32 Å². The summed E-state index contributed by atoms with van der Waals surface area (Å²) in [6.45, 7) is 4.01. The Morgan fingerprint density at radius 2 is 1.48 bits per heavy atom. The molecule has 2 atom stereocenters. The molecule has 4 aromatic rings. The van der Waals surface area contributed by atoms with E-state index >= 15 is 0 Å². The Labute approximate surface area is 182 Å². The van der Waals surface area contributed by atoms with Crippen LogP contribution in [0.4, 0.5) is 5.69 Å². The van der Waals surface area contributed by atoms with Gasteiger partial charge in [0, 0.05) is 5.69 Å². The molecular weight excluding hydrogens is 384 g/mol. The van der Waals surface area contributed by atoms with Crippen LogP contribution in [-0.2, 0) is 4.79 Å². The Kier molecular flexibility index (Phi) is 6.29. The topological polar surface area (TPSA) is 54.3 Å². The van der Waals surface area contributed by atoms with Crippen LogP contribution in [0.5, 0.6) is 0 Å². The summed E-state index contributed by atoms with van der Waals surface area (Å²) in [6, 6.07) is 28.8. The summed E-state index contributed by atoms with van der Waals surface area (Å²) in [5.41, 5.74) is 4.86. The van der Waals surface area contributed by atoms with E-state index in [-0.39, 0.29) is 11.9 Å².